The van der Waals surface area contributed by atoms with Gasteiger partial charge in [-0.05, 0) is 11.5 Å². The van der Waals surface area contributed by atoms with Crippen LogP contribution >= 0.6 is 11.3 Å². The zero-order chi connectivity index (χ0) is 14.7. The van der Waals surface area contributed by atoms with Gasteiger partial charge in [0, 0.05) is 24.0 Å². The Labute approximate surface area is 130 Å². The van der Waals surface area contributed by atoms with Crippen LogP contribution < -0.4 is 0 Å². The zero-order valence-electron chi connectivity index (χ0n) is 12.7. The molecule has 1 fully saturated rings. The standard InChI is InChI=1S/C17H22N2OS/c1-13(2)14-3-5-15(6-4-14)16-12-21-17(18-16)11-19-7-9-20-10-8-19/h3-6,12-13H,7-11H2,1-2H3. The minimum atomic E-state index is 0.575. The molecule has 2 heterocycles. The van der Waals surface area contributed by atoms with Crippen molar-refractivity contribution in [1.82, 2.24) is 9.88 Å². The molecule has 0 unspecified atom stereocenters. The van der Waals surface area contributed by atoms with E-state index in [2.05, 4.69) is 48.4 Å². The van der Waals surface area contributed by atoms with Gasteiger partial charge in [0.1, 0.15) is 5.01 Å². The normalized spacial score (nSPS) is 16.5. The van der Waals surface area contributed by atoms with Gasteiger partial charge in [0.2, 0.25) is 0 Å². The number of aromatic nitrogens is 1. The number of thiazole rings is 1. The lowest BCUT2D eigenvalue weighted by molar-refractivity contribution is 0.0342. The van der Waals surface area contributed by atoms with Gasteiger partial charge in [-0.15, -0.1) is 11.3 Å². The summed E-state index contributed by atoms with van der Waals surface area (Å²) in [7, 11) is 0. The Morgan fingerprint density at radius 2 is 1.90 bits per heavy atom. The van der Waals surface area contributed by atoms with E-state index in [4.69, 9.17) is 9.72 Å². The van der Waals surface area contributed by atoms with Crippen LogP contribution in [0.1, 0.15) is 30.3 Å². The molecule has 0 N–H and O–H groups in total. The SMILES string of the molecule is CC(C)c1ccc(-c2csc(CN3CCOCC3)n2)cc1. The Bertz CT molecular complexity index is 571. The molecule has 0 amide bonds. The van der Waals surface area contributed by atoms with E-state index in [-0.39, 0.29) is 0 Å². The van der Waals surface area contributed by atoms with Crippen LogP contribution in [-0.2, 0) is 11.3 Å². The minimum absolute atomic E-state index is 0.575. The van der Waals surface area contributed by atoms with Crippen LogP contribution in [0, 0.1) is 0 Å². The summed E-state index contributed by atoms with van der Waals surface area (Å²) < 4.78 is 5.38. The summed E-state index contributed by atoms with van der Waals surface area (Å²) in [5, 5.41) is 3.36. The molecule has 112 valence electrons. The van der Waals surface area contributed by atoms with Gasteiger partial charge in [-0.1, -0.05) is 38.1 Å². The highest BCUT2D eigenvalue weighted by Gasteiger charge is 2.13. The van der Waals surface area contributed by atoms with Crippen LogP contribution in [0.2, 0.25) is 0 Å². The number of nitrogens with zero attached hydrogens (tertiary/aromatic N) is 2. The van der Waals surface area contributed by atoms with Gasteiger partial charge in [0.25, 0.3) is 0 Å². The Morgan fingerprint density at radius 3 is 2.57 bits per heavy atom. The maximum Gasteiger partial charge on any atom is 0.107 e. The second-order valence-electron chi connectivity index (χ2n) is 5.79. The molecule has 0 spiro atoms. The summed E-state index contributed by atoms with van der Waals surface area (Å²) in [6.07, 6.45) is 0. The Balaban J connectivity index is 1.69. The molecule has 3 nitrogen and oxygen atoms in total. The second-order valence-corrected chi connectivity index (χ2v) is 6.73. The number of hydrogen-bond acceptors (Lipinski definition) is 4. The van der Waals surface area contributed by atoms with Crippen molar-refractivity contribution in [2.75, 3.05) is 26.3 Å². The molecule has 1 aliphatic rings. The van der Waals surface area contributed by atoms with E-state index < -0.39 is 0 Å². The van der Waals surface area contributed by atoms with Crippen LogP contribution in [0.3, 0.4) is 0 Å². The van der Waals surface area contributed by atoms with E-state index >= 15 is 0 Å². The van der Waals surface area contributed by atoms with Crippen molar-refractivity contribution in [2.24, 2.45) is 0 Å². The maximum atomic E-state index is 5.38. The molecule has 1 aliphatic heterocycles. The van der Waals surface area contributed by atoms with Gasteiger partial charge in [-0.2, -0.15) is 0 Å². The van der Waals surface area contributed by atoms with Crippen LogP contribution in [0.15, 0.2) is 29.6 Å². The van der Waals surface area contributed by atoms with Gasteiger partial charge in [0.15, 0.2) is 0 Å². The van der Waals surface area contributed by atoms with Crippen LogP contribution in [0.25, 0.3) is 11.3 Å². The average molecular weight is 302 g/mol. The Hall–Kier alpha value is -1.23. The van der Waals surface area contributed by atoms with Gasteiger partial charge >= 0.3 is 0 Å². The van der Waals surface area contributed by atoms with Crippen LogP contribution in [-0.4, -0.2) is 36.2 Å². The molecular formula is C17H22N2OS. The largest absolute Gasteiger partial charge is 0.379 e. The summed E-state index contributed by atoms with van der Waals surface area (Å²) in [6.45, 7) is 9.09. The summed E-state index contributed by atoms with van der Waals surface area (Å²) in [5.41, 5.74) is 3.69. The van der Waals surface area contributed by atoms with Gasteiger partial charge < -0.3 is 4.74 Å². The summed E-state index contributed by atoms with van der Waals surface area (Å²) >= 11 is 1.75. The van der Waals surface area contributed by atoms with E-state index in [1.165, 1.54) is 16.1 Å². The first kappa shape index (κ1) is 14.7. The molecule has 2 aromatic rings. The summed E-state index contributed by atoms with van der Waals surface area (Å²) in [6, 6.07) is 8.79. The average Bonchev–Trinajstić information content (AvgIpc) is 2.97. The number of ether oxygens (including phenoxy) is 1. The maximum absolute atomic E-state index is 5.38. The molecule has 1 saturated heterocycles. The van der Waals surface area contributed by atoms with Crippen LogP contribution in [0.4, 0.5) is 0 Å². The highest BCUT2D eigenvalue weighted by molar-refractivity contribution is 7.09. The third-order valence-electron chi connectivity index (χ3n) is 3.89. The van der Waals surface area contributed by atoms with Crippen molar-refractivity contribution in [3.05, 3.63) is 40.2 Å². The smallest absolute Gasteiger partial charge is 0.107 e. The number of rotatable bonds is 4. The molecule has 1 aromatic heterocycles. The first-order valence-corrected chi connectivity index (χ1v) is 8.45. The first-order valence-electron chi connectivity index (χ1n) is 7.57. The third kappa shape index (κ3) is 3.70. The predicted octanol–water partition coefficient (Wildman–Crippen LogP) is 3.77. The lowest BCUT2D eigenvalue weighted by Crippen LogP contribution is -2.35. The first-order chi connectivity index (χ1) is 10.2. The Morgan fingerprint density at radius 1 is 1.19 bits per heavy atom. The third-order valence-corrected chi connectivity index (χ3v) is 4.72. The fraction of sp³-hybridized carbons (Fsp3) is 0.471. The van der Waals surface area contributed by atoms with E-state index in [9.17, 15) is 0 Å². The highest BCUT2D eigenvalue weighted by atomic mass is 32.1. The lowest BCUT2D eigenvalue weighted by Gasteiger charge is -2.25. The number of benzene rings is 1. The summed E-state index contributed by atoms with van der Waals surface area (Å²) in [5.74, 6) is 0.575. The van der Waals surface area contributed by atoms with Crippen molar-refractivity contribution in [2.45, 2.75) is 26.3 Å². The molecule has 4 heteroatoms. The van der Waals surface area contributed by atoms with E-state index in [0.717, 1.165) is 38.5 Å². The van der Waals surface area contributed by atoms with E-state index in [1.807, 2.05) is 0 Å². The molecular weight excluding hydrogens is 280 g/mol. The molecule has 0 aliphatic carbocycles. The van der Waals surface area contributed by atoms with Crippen molar-refractivity contribution < 1.29 is 4.74 Å². The fourth-order valence-electron chi connectivity index (χ4n) is 2.51. The molecule has 0 atom stereocenters. The van der Waals surface area contributed by atoms with Crippen molar-refractivity contribution in [1.29, 1.82) is 0 Å². The topological polar surface area (TPSA) is 25.4 Å². The number of morpholine rings is 1. The molecule has 0 bridgehead atoms. The van der Waals surface area contributed by atoms with Crippen molar-refractivity contribution in [3.63, 3.8) is 0 Å². The fourth-order valence-corrected chi connectivity index (χ4v) is 3.35. The van der Waals surface area contributed by atoms with E-state index in [0.29, 0.717) is 5.92 Å². The molecule has 21 heavy (non-hydrogen) atoms. The Kier molecular flexibility index (Phi) is 4.68. The van der Waals surface area contributed by atoms with Crippen LogP contribution in [0.5, 0.6) is 0 Å². The van der Waals surface area contributed by atoms with Gasteiger partial charge in [-0.3, -0.25) is 4.90 Å². The highest BCUT2D eigenvalue weighted by Crippen LogP contribution is 2.25. The quantitative estimate of drug-likeness (QED) is 0.860. The predicted molar refractivity (Wildman–Crippen MR) is 87.7 cm³/mol. The van der Waals surface area contributed by atoms with Gasteiger partial charge in [-0.25, -0.2) is 4.98 Å². The summed E-state index contributed by atoms with van der Waals surface area (Å²) in [4.78, 5) is 7.20. The molecule has 3 rings (SSSR count). The number of hydrogen-bond donors (Lipinski definition) is 0. The zero-order valence-corrected chi connectivity index (χ0v) is 13.5. The minimum Gasteiger partial charge on any atom is -0.379 e. The second kappa shape index (κ2) is 6.69. The lowest BCUT2D eigenvalue weighted by atomic mass is 10.0. The molecule has 0 radical (unpaired) electrons. The molecule has 1 aromatic carbocycles. The van der Waals surface area contributed by atoms with Gasteiger partial charge in [0.05, 0.1) is 25.5 Å². The van der Waals surface area contributed by atoms with Crippen molar-refractivity contribution in [3.8, 4) is 11.3 Å². The van der Waals surface area contributed by atoms with E-state index in [1.54, 1.807) is 11.3 Å². The molecule has 0 saturated carbocycles. The van der Waals surface area contributed by atoms with Crippen molar-refractivity contribution >= 4 is 11.3 Å². The monoisotopic (exact) mass is 302 g/mol.